The van der Waals surface area contributed by atoms with E-state index in [9.17, 15) is 5.11 Å². The molecule has 2 aromatic carbocycles. The predicted octanol–water partition coefficient (Wildman–Crippen LogP) is 4.01. The van der Waals surface area contributed by atoms with Crippen LogP contribution in [0.15, 0.2) is 54.6 Å². The smallest absolute Gasteiger partial charge is 0.124 e. The molecule has 3 heteroatoms. The number of aliphatic hydroxyl groups is 1. The van der Waals surface area contributed by atoms with Gasteiger partial charge in [-0.15, -0.1) is 0 Å². The molecule has 2 heterocycles. The van der Waals surface area contributed by atoms with Gasteiger partial charge in [0, 0.05) is 24.2 Å². The Morgan fingerprint density at radius 3 is 2.68 bits per heavy atom. The topological polar surface area (TPSA) is 32.7 Å². The van der Waals surface area contributed by atoms with Gasteiger partial charge in [-0.1, -0.05) is 42.5 Å². The van der Waals surface area contributed by atoms with Crippen LogP contribution in [-0.2, 0) is 13.2 Å². The molecule has 0 amide bonds. The van der Waals surface area contributed by atoms with Gasteiger partial charge in [-0.05, 0) is 48.1 Å². The molecule has 0 spiro atoms. The van der Waals surface area contributed by atoms with Crippen LogP contribution in [0.1, 0.15) is 36.0 Å². The zero-order chi connectivity index (χ0) is 17.2. The fraction of sp³-hybridized carbons (Fsp3) is 0.364. The van der Waals surface area contributed by atoms with Crippen LogP contribution in [0.4, 0.5) is 0 Å². The van der Waals surface area contributed by atoms with Crippen molar-refractivity contribution in [2.45, 2.75) is 44.5 Å². The summed E-state index contributed by atoms with van der Waals surface area (Å²) in [5, 5.41) is 9.59. The molecular formula is C22H25NO2. The van der Waals surface area contributed by atoms with Crippen LogP contribution in [0, 0.1) is 0 Å². The van der Waals surface area contributed by atoms with Gasteiger partial charge in [0.1, 0.15) is 5.75 Å². The number of hydrogen-bond donors (Lipinski definition) is 1. The molecule has 2 aliphatic heterocycles. The summed E-state index contributed by atoms with van der Waals surface area (Å²) in [7, 11) is 1.65. The molecule has 1 fully saturated rings. The maximum absolute atomic E-state index is 9.59. The first kappa shape index (κ1) is 16.4. The van der Waals surface area contributed by atoms with E-state index in [1.54, 1.807) is 7.11 Å². The normalized spacial score (nSPS) is 22.7. The highest BCUT2D eigenvalue weighted by Crippen LogP contribution is 2.40. The second-order valence-corrected chi connectivity index (χ2v) is 7.04. The van der Waals surface area contributed by atoms with E-state index >= 15 is 0 Å². The van der Waals surface area contributed by atoms with Gasteiger partial charge in [0.15, 0.2) is 0 Å². The second kappa shape index (κ2) is 7.03. The lowest BCUT2D eigenvalue weighted by atomic mass is 9.93. The van der Waals surface area contributed by atoms with E-state index in [-0.39, 0.29) is 6.61 Å². The highest BCUT2D eigenvalue weighted by molar-refractivity contribution is 5.69. The monoisotopic (exact) mass is 335 g/mol. The zero-order valence-electron chi connectivity index (χ0n) is 14.7. The quantitative estimate of drug-likeness (QED) is 0.896. The van der Waals surface area contributed by atoms with Gasteiger partial charge in [-0.25, -0.2) is 0 Å². The number of benzene rings is 2. The average Bonchev–Trinajstić information content (AvgIpc) is 2.89. The standard InChI is InChI=1S/C22H25NO2/c1-25-22-10-7-17(11-19(22)15-24)18-12-20-8-9-21(13-18)23(20)14-16-5-3-2-4-6-16/h2-7,10-12,20-21,24H,8-9,13-15H2,1H3. The maximum Gasteiger partial charge on any atom is 0.124 e. The van der Waals surface area contributed by atoms with Crippen LogP contribution in [0.5, 0.6) is 5.75 Å². The second-order valence-electron chi connectivity index (χ2n) is 7.04. The largest absolute Gasteiger partial charge is 0.496 e. The molecular weight excluding hydrogens is 310 g/mol. The Kier molecular flexibility index (Phi) is 4.60. The summed E-state index contributed by atoms with van der Waals surface area (Å²) in [6.07, 6.45) is 6.03. The molecule has 2 bridgehead atoms. The summed E-state index contributed by atoms with van der Waals surface area (Å²) in [4.78, 5) is 2.65. The highest BCUT2D eigenvalue weighted by atomic mass is 16.5. The Labute approximate surface area is 149 Å². The number of aliphatic hydroxyl groups excluding tert-OH is 1. The van der Waals surface area contributed by atoms with E-state index in [4.69, 9.17) is 4.74 Å². The van der Waals surface area contributed by atoms with E-state index in [0.29, 0.717) is 12.1 Å². The summed E-state index contributed by atoms with van der Waals surface area (Å²) in [5.41, 5.74) is 4.89. The van der Waals surface area contributed by atoms with Crippen molar-refractivity contribution in [1.82, 2.24) is 4.90 Å². The molecule has 25 heavy (non-hydrogen) atoms. The van der Waals surface area contributed by atoms with Crippen molar-refractivity contribution in [3.8, 4) is 5.75 Å². The Hall–Kier alpha value is -2.10. The van der Waals surface area contributed by atoms with Crippen molar-refractivity contribution < 1.29 is 9.84 Å². The minimum absolute atomic E-state index is 0.0112. The lowest BCUT2D eigenvalue weighted by Crippen LogP contribution is -2.37. The molecule has 2 unspecified atom stereocenters. The molecule has 0 radical (unpaired) electrons. The first-order chi connectivity index (χ1) is 12.3. The molecule has 2 atom stereocenters. The van der Waals surface area contributed by atoms with E-state index < -0.39 is 0 Å². The number of hydrogen-bond acceptors (Lipinski definition) is 3. The molecule has 0 aromatic heterocycles. The van der Waals surface area contributed by atoms with E-state index in [1.165, 1.54) is 29.5 Å². The molecule has 2 aromatic rings. The van der Waals surface area contributed by atoms with Gasteiger partial charge < -0.3 is 9.84 Å². The molecule has 0 aliphatic carbocycles. The summed E-state index contributed by atoms with van der Waals surface area (Å²) >= 11 is 0. The first-order valence-corrected chi connectivity index (χ1v) is 9.07. The summed E-state index contributed by atoms with van der Waals surface area (Å²) in [5.74, 6) is 0.760. The average molecular weight is 335 g/mol. The van der Waals surface area contributed by atoms with Crippen molar-refractivity contribution in [2.75, 3.05) is 7.11 Å². The number of rotatable bonds is 5. The molecule has 0 saturated carbocycles. The maximum atomic E-state index is 9.59. The molecule has 3 nitrogen and oxygen atoms in total. The lowest BCUT2D eigenvalue weighted by molar-refractivity contribution is 0.203. The van der Waals surface area contributed by atoms with Crippen molar-refractivity contribution in [3.05, 3.63) is 71.3 Å². The summed E-state index contributed by atoms with van der Waals surface area (Å²) in [6, 6.07) is 18.1. The van der Waals surface area contributed by atoms with Gasteiger partial charge >= 0.3 is 0 Å². The zero-order valence-corrected chi connectivity index (χ0v) is 14.7. The Morgan fingerprint density at radius 2 is 1.96 bits per heavy atom. The van der Waals surface area contributed by atoms with Crippen molar-refractivity contribution in [3.63, 3.8) is 0 Å². The van der Waals surface area contributed by atoms with Crippen molar-refractivity contribution in [2.24, 2.45) is 0 Å². The van der Waals surface area contributed by atoms with Gasteiger partial charge in [0.2, 0.25) is 0 Å². The SMILES string of the molecule is COc1ccc(C2=CC3CCC(C2)N3Cc2ccccc2)cc1CO. The third-order valence-corrected chi connectivity index (χ3v) is 5.57. The van der Waals surface area contributed by atoms with E-state index in [0.717, 1.165) is 24.3 Å². The van der Waals surface area contributed by atoms with E-state index in [2.05, 4.69) is 53.4 Å². The Morgan fingerprint density at radius 1 is 1.12 bits per heavy atom. The fourth-order valence-corrected chi connectivity index (χ4v) is 4.27. The van der Waals surface area contributed by atoms with Crippen molar-refractivity contribution in [1.29, 1.82) is 0 Å². The third-order valence-electron chi connectivity index (χ3n) is 5.57. The highest BCUT2D eigenvalue weighted by Gasteiger charge is 2.36. The Balaban J connectivity index is 1.57. The number of nitrogens with zero attached hydrogens (tertiary/aromatic N) is 1. The van der Waals surface area contributed by atoms with Crippen LogP contribution in [0.25, 0.3) is 5.57 Å². The van der Waals surface area contributed by atoms with Gasteiger partial charge in [-0.3, -0.25) is 4.90 Å². The van der Waals surface area contributed by atoms with E-state index in [1.807, 2.05) is 6.07 Å². The molecule has 1 N–H and O–H groups in total. The number of ether oxygens (including phenoxy) is 1. The molecule has 1 saturated heterocycles. The third kappa shape index (κ3) is 3.22. The summed E-state index contributed by atoms with van der Waals surface area (Å²) in [6.45, 7) is 1.04. The Bertz CT molecular complexity index is 769. The first-order valence-electron chi connectivity index (χ1n) is 9.07. The molecule has 2 aliphatic rings. The van der Waals surface area contributed by atoms with Crippen LogP contribution < -0.4 is 4.74 Å². The predicted molar refractivity (Wildman–Crippen MR) is 100 cm³/mol. The molecule has 130 valence electrons. The minimum Gasteiger partial charge on any atom is -0.496 e. The van der Waals surface area contributed by atoms with Crippen LogP contribution in [-0.4, -0.2) is 29.2 Å². The fourth-order valence-electron chi connectivity index (χ4n) is 4.27. The summed E-state index contributed by atoms with van der Waals surface area (Å²) < 4.78 is 5.33. The van der Waals surface area contributed by atoms with Gasteiger partial charge in [-0.2, -0.15) is 0 Å². The molecule has 4 rings (SSSR count). The number of fused-ring (bicyclic) bond motifs is 2. The van der Waals surface area contributed by atoms with Gasteiger partial charge in [0.05, 0.1) is 13.7 Å². The van der Waals surface area contributed by atoms with Gasteiger partial charge in [0.25, 0.3) is 0 Å². The van der Waals surface area contributed by atoms with Crippen LogP contribution in [0.2, 0.25) is 0 Å². The lowest BCUT2D eigenvalue weighted by Gasteiger charge is -2.34. The minimum atomic E-state index is 0.0112. The van der Waals surface area contributed by atoms with Crippen molar-refractivity contribution >= 4 is 5.57 Å². The van der Waals surface area contributed by atoms with Crippen LogP contribution in [0.3, 0.4) is 0 Å². The van der Waals surface area contributed by atoms with Crippen LogP contribution >= 0.6 is 0 Å². The number of methoxy groups -OCH3 is 1.